The Morgan fingerprint density at radius 3 is 2.53 bits per heavy atom. The Morgan fingerprint density at radius 1 is 1.16 bits per heavy atom. The molecule has 0 saturated heterocycles. The third kappa shape index (κ3) is 3.73. The Bertz CT molecular complexity index is 534. The normalized spacial score (nSPS) is 10.5. The van der Waals surface area contributed by atoms with Crippen molar-refractivity contribution in [2.45, 2.75) is 6.54 Å². The first-order valence-electron chi connectivity index (χ1n) is 5.86. The van der Waals surface area contributed by atoms with Gasteiger partial charge in [-0.2, -0.15) is 0 Å². The highest BCUT2D eigenvalue weighted by atomic mass is 79.9. The number of hydrogen-bond donors (Lipinski definition) is 0. The van der Waals surface area contributed by atoms with Gasteiger partial charge in [-0.05, 0) is 5.56 Å². The molecule has 2 aromatic rings. The van der Waals surface area contributed by atoms with Crippen molar-refractivity contribution in [1.82, 2.24) is 4.98 Å². The molecule has 0 N–H and O–H groups in total. The van der Waals surface area contributed by atoms with E-state index in [0.29, 0.717) is 18.4 Å². The van der Waals surface area contributed by atoms with Gasteiger partial charge in [0.05, 0.1) is 6.20 Å². The van der Waals surface area contributed by atoms with Gasteiger partial charge >= 0.3 is 0 Å². The number of pyridine rings is 1. The van der Waals surface area contributed by atoms with Crippen molar-refractivity contribution in [3.8, 4) is 0 Å². The average Bonchev–Trinajstić information content (AvgIpc) is 2.39. The lowest BCUT2D eigenvalue weighted by atomic mass is 10.2. The second kappa shape index (κ2) is 6.61. The van der Waals surface area contributed by atoms with Gasteiger partial charge in [-0.25, -0.2) is 13.8 Å². The van der Waals surface area contributed by atoms with Gasteiger partial charge < -0.3 is 4.90 Å². The third-order valence-corrected chi connectivity index (χ3v) is 3.01. The van der Waals surface area contributed by atoms with E-state index >= 15 is 0 Å². The predicted molar refractivity (Wildman–Crippen MR) is 75.4 cm³/mol. The van der Waals surface area contributed by atoms with Crippen LogP contribution in [0.5, 0.6) is 0 Å². The molecule has 1 aromatic heterocycles. The van der Waals surface area contributed by atoms with Gasteiger partial charge in [0.25, 0.3) is 0 Å². The largest absolute Gasteiger partial charge is 0.349 e. The second-order valence-electron chi connectivity index (χ2n) is 4.06. The number of nitrogens with zero attached hydrogens (tertiary/aromatic N) is 2. The van der Waals surface area contributed by atoms with Crippen molar-refractivity contribution < 1.29 is 8.78 Å². The maximum Gasteiger partial charge on any atom is 0.168 e. The number of aromatic nitrogens is 1. The summed E-state index contributed by atoms with van der Waals surface area (Å²) in [7, 11) is 0. The lowest BCUT2D eigenvalue weighted by Gasteiger charge is -2.23. The molecule has 19 heavy (non-hydrogen) atoms. The Balaban J connectivity index is 2.24. The summed E-state index contributed by atoms with van der Waals surface area (Å²) in [4.78, 5) is 5.62. The van der Waals surface area contributed by atoms with E-state index in [1.807, 2.05) is 30.3 Å². The molecule has 2 rings (SSSR count). The molecule has 1 aromatic carbocycles. The van der Waals surface area contributed by atoms with Crippen molar-refractivity contribution in [1.29, 1.82) is 0 Å². The molecule has 0 amide bonds. The smallest absolute Gasteiger partial charge is 0.168 e. The molecular formula is C14H13BrF2N2. The van der Waals surface area contributed by atoms with Gasteiger partial charge in [-0.3, -0.25) is 0 Å². The summed E-state index contributed by atoms with van der Waals surface area (Å²) in [6, 6.07) is 10.6. The zero-order valence-corrected chi connectivity index (χ0v) is 11.8. The molecule has 1 heterocycles. The highest BCUT2D eigenvalue weighted by Crippen LogP contribution is 2.19. The summed E-state index contributed by atoms with van der Waals surface area (Å²) in [5.74, 6) is -1.14. The molecule has 0 radical (unpaired) electrons. The minimum Gasteiger partial charge on any atom is -0.349 e. The van der Waals surface area contributed by atoms with Gasteiger partial charge in [-0.15, -0.1) is 0 Å². The first-order valence-corrected chi connectivity index (χ1v) is 6.98. The number of hydrogen-bond acceptors (Lipinski definition) is 2. The van der Waals surface area contributed by atoms with Crippen LogP contribution in [0, 0.1) is 11.6 Å². The molecule has 0 bridgehead atoms. The van der Waals surface area contributed by atoms with E-state index in [0.717, 1.165) is 17.8 Å². The minimum absolute atomic E-state index is 0.171. The summed E-state index contributed by atoms with van der Waals surface area (Å²) in [5.41, 5.74) is 1.05. The molecule has 0 spiro atoms. The van der Waals surface area contributed by atoms with E-state index in [4.69, 9.17) is 0 Å². The monoisotopic (exact) mass is 326 g/mol. The Kier molecular flexibility index (Phi) is 4.85. The molecule has 0 aliphatic carbocycles. The molecule has 2 nitrogen and oxygen atoms in total. The van der Waals surface area contributed by atoms with E-state index in [9.17, 15) is 8.78 Å². The number of benzene rings is 1. The fraction of sp³-hybridized carbons (Fsp3) is 0.214. The Hall–Kier alpha value is -1.49. The van der Waals surface area contributed by atoms with Crippen LogP contribution >= 0.6 is 15.9 Å². The average molecular weight is 327 g/mol. The van der Waals surface area contributed by atoms with Crippen LogP contribution in [0.25, 0.3) is 0 Å². The maximum atomic E-state index is 13.8. The summed E-state index contributed by atoms with van der Waals surface area (Å²) < 4.78 is 26.7. The van der Waals surface area contributed by atoms with E-state index in [-0.39, 0.29) is 5.82 Å². The van der Waals surface area contributed by atoms with E-state index in [2.05, 4.69) is 20.9 Å². The second-order valence-corrected chi connectivity index (χ2v) is 4.85. The molecule has 0 saturated carbocycles. The minimum atomic E-state index is -0.667. The highest BCUT2D eigenvalue weighted by Gasteiger charge is 2.14. The first-order chi connectivity index (χ1) is 9.20. The molecule has 0 atom stereocenters. The number of halogens is 3. The zero-order valence-electron chi connectivity index (χ0n) is 10.2. The SMILES string of the molecule is Fc1cnc(N(CCBr)Cc2ccccc2)c(F)c1. The molecule has 0 aliphatic heterocycles. The summed E-state index contributed by atoms with van der Waals surface area (Å²) in [5, 5.41) is 0.679. The summed E-state index contributed by atoms with van der Waals surface area (Å²) in [6.45, 7) is 1.12. The third-order valence-electron chi connectivity index (χ3n) is 2.66. The van der Waals surface area contributed by atoms with Gasteiger partial charge in [-0.1, -0.05) is 46.3 Å². The van der Waals surface area contributed by atoms with Crippen LogP contribution in [0.3, 0.4) is 0 Å². The van der Waals surface area contributed by atoms with E-state index < -0.39 is 11.6 Å². The van der Waals surface area contributed by atoms with Crippen LogP contribution in [0.15, 0.2) is 42.6 Å². The number of anilines is 1. The molecule has 5 heteroatoms. The van der Waals surface area contributed by atoms with Crippen LogP contribution in [-0.2, 0) is 6.54 Å². The lowest BCUT2D eigenvalue weighted by molar-refractivity contribution is 0.567. The summed E-state index contributed by atoms with van der Waals surface area (Å²) >= 11 is 3.33. The molecule has 100 valence electrons. The lowest BCUT2D eigenvalue weighted by Crippen LogP contribution is -2.26. The Labute approximate surface area is 119 Å². The molecule has 0 unspecified atom stereocenters. The fourth-order valence-corrected chi connectivity index (χ4v) is 2.23. The molecular weight excluding hydrogens is 314 g/mol. The van der Waals surface area contributed by atoms with Gasteiger partial charge in [0, 0.05) is 24.5 Å². The quantitative estimate of drug-likeness (QED) is 0.778. The molecule has 0 fully saturated rings. The Morgan fingerprint density at radius 2 is 1.89 bits per heavy atom. The van der Waals surface area contributed by atoms with Crippen molar-refractivity contribution >= 4 is 21.7 Å². The standard InChI is InChI=1S/C14H13BrF2N2/c15-6-7-19(10-11-4-2-1-3-5-11)14-13(17)8-12(16)9-18-14/h1-5,8-9H,6-7,10H2. The van der Waals surface area contributed by atoms with Crippen LogP contribution < -0.4 is 4.90 Å². The zero-order chi connectivity index (χ0) is 13.7. The van der Waals surface area contributed by atoms with E-state index in [1.165, 1.54) is 0 Å². The number of alkyl halides is 1. The maximum absolute atomic E-state index is 13.8. The number of rotatable bonds is 5. The van der Waals surface area contributed by atoms with Crippen LogP contribution in [0.4, 0.5) is 14.6 Å². The van der Waals surface area contributed by atoms with Gasteiger partial charge in [0.2, 0.25) is 0 Å². The predicted octanol–water partition coefficient (Wildman–Crippen LogP) is 3.76. The van der Waals surface area contributed by atoms with Crippen molar-refractivity contribution in [3.05, 3.63) is 59.8 Å². The van der Waals surface area contributed by atoms with Crippen molar-refractivity contribution in [3.63, 3.8) is 0 Å². The van der Waals surface area contributed by atoms with Gasteiger partial charge in [0.1, 0.15) is 5.82 Å². The fourth-order valence-electron chi connectivity index (χ4n) is 1.81. The topological polar surface area (TPSA) is 16.1 Å². The van der Waals surface area contributed by atoms with Crippen LogP contribution in [0.2, 0.25) is 0 Å². The first kappa shape index (κ1) is 13.9. The molecule has 0 aliphatic rings. The van der Waals surface area contributed by atoms with Crippen molar-refractivity contribution in [2.75, 3.05) is 16.8 Å². The van der Waals surface area contributed by atoms with E-state index in [1.54, 1.807) is 4.90 Å². The van der Waals surface area contributed by atoms with Crippen LogP contribution in [-0.4, -0.2) is 16.9 Å². The highest BCUT2D eigenvalue weighted by molar-refractivity contribution is 9.09. The summed E-state index contributed by atoms with van der Waals surface area (Å²) in [6.07, 6.45) is 1.03. The van der Waals surface area contributed by atoms with Gasteiger partial charge in [0.15, 0.2) is 11.6 Å². The van der Waals surface area contributed by atoms with Crippen LogP contribution in [0.1, 0.15) is 5.56 Å². The van der Waals surface area contributed by atoms with Crippen molar-refractivity contribution in [2.24, 2.45) is 0 Å².